The lowest BCUT2D eigenvalue weighted by molar-refractivity contribution is -0.118. The van der Waals surface area contributed by atoms with E-state index in [4.69, 9.17) is 9.72 Å². The van der Waals surface area contributed by atoms with Crippen LogP contribution in [0.5, 0.6) is 5.75 Å². The first-order chi connectivity index (χ1) is 14.0. The molecule has 0 aliphatic carbocycles. The second kappa shape index (κ2) is 8.25. The minimum absolute atomic E-state index is 0.0260. The van der Waals surface area contributed by atoms with Crippen molar-refractivity contribution in [1.29, 1.82) is 0 Å². The topological polar surface area (TPSA) is 59.4 Å². The lowest BCUT2D eigenvalue weighted by atomic mass is 10.1. The predicted octanol–water partition coefficient (Wildman–Crippen LogP) is 3.70. The Labute approximate surface area is 171 Å². The number of anilines is 1. The fourth-order valence-corrected chi connectivity index (χ4v) is 3.70. The van der Waals surface area contributed by atoms with E-state index in [9.17, 15) is 4.79 Å². The number of aromatic nitrogens is 2. The molecular weight excluding hydrogens is 364 g/mol. The van der Waals surface area contributed by atoms with Crippen LogP contribution in [0.4, 0.5) is 5.69 Å². The van der Waals surface area contributed by atoms with Crippen LogP contribution < -0.4 is 10.1 Å². The van der Waals surface area contributed by atoms with Crippen molar-refractivity contribution in [2.24, 2.45) is 5.92 Å². The molecule has 0 saturated carbocycles. The number of hydrogen-bond donors (Lipinski definition) is 1. The fraction of sp³-hybridized carbons (Fsp3) is 0.391. The molecule has 1 aliphatic rings. The zero-order valence-corrected chi connectivity index (χ0v) is 17.3. The number of methoxy groups -OCH3 is 1. The van der Waals surface area contributed by atoms with E-state index in [1.807, 2.05) is 38.1 Å². The number of nitrogens with one attached hydrogen (secondary N) is 1. The Bertz CT molecular complexity index is 1010. The third-order valence-corrected chi connectivity index (χ3v) is 5.50. The number of nitrogens with zero attached hydrogens (tertiary/aromatic N) is 3. The van der Waals surface area contributed by atoms with Crippen LogP contribution in [0.2, 0.25) is 0 Å². The van der Waals surface area contributed by atoms with Gasteiger partial charge in [0.15, 0.2) is 0 Å². The van der Waals surface area contributed by atoms with Gasteiger partial charge in [-0.3, -0.25) is 9.69 Å². The summed E-state index contributed by atoms with van der Waals surface area (Å²) < 4.78 is 7.53. The highest BCUT2D eigenvalue weighted by atomic mass is 16.5. The van der Waals surface area contributed by atoms with Crippen LogP contribution in [-0.4, -0.2) is 40.6 Å². The number of benzene rings is 2. The third kappa shape index (κ3) is 4.27. The summed E-state index contributed by atoms with van der Waals surface area (Å²) in [6.07, 6.45) is 1.01. The van der Waals surface area contributed by atoms with E-state index in [0.29, 0.717) is 0 Å². The number of rotatable bonds is 6. The zero-order chi connectivity index (χ0) is 20.4. The first kappa shape index (κ1) is 19.5. The molecule has 0 fully saturated rings. The van der Waals surface area contributed by atoms with Crippen molar-refractivity contribution in [3.63, 3.8) is 0 Å². The predicted molar refractivity (Wildman–Crippen MR) is 115 cm³/mol. The number of carbonyl (C=O) groups excluding carboxylic acids is 1. The van der Waals surface area contributed by atoms with Gasteiger partial charge in [-0.15, -0.1) is 0 Å². The Morgan fingerprint density at radius 3 is 2.69 bits per heavy atom. The van der Waals surface area contributed by atoms with Gasteiger partial charge in [-0.05, 0) is 42.3 Å². The molecule has 4 rings (SSSR count). The van der Waals surface area contributed by atoms with E-state index < -0.39 is 0 Å². The number of amides is 1. The summed E-state index contributed by atoms with van der Waals surface area (Å²) >= 11 is 0. The van der Waals surface area contributed by atoms with E-state index in [0.717, 1.165) is 60.9 Å². The number of imidazole rings is 1. The average molecular weight is 393 g/mol. The molecule has 2 aromatic carbocycles. The Morgan fingerprint density at radius 1 is 1.17 bits per heavy atom. The van der Waals surface area contributed by atoms with Crippen molar-refractivity contribution in [2.45, 2.75) is 33.4 Å². The molecule has 1 aliphatic heterocycles. The Balaban J connectivity index is 1.43. The molecule has 2 heterocycles. The number of ether oxygens (including phenoxy) is 1. The van der Waals surface area contributed by atoms with Gasteiger partial charge in [0.25, 0.3) is 0 Å². The maximum Gasteiger partial charge on any atom is 0.226 e. The molecule has 1 aromatic heterocycles. The molecule has 6 heteroatoms. The van der Waals surface area contributed by atoms with Gasteiger partial charge in [-0.25, -0.2) is 4.98 Å². The molecule has 152 valence electrons. The third-order valence-electron chi connectivity index (χ3n) is 5.50. The van der Waals surface area contributed by atoms with Gasteiger partial charge in [0.05, 0.1) is 24.7 Å². The fourth-order valence-electron chi connectivity index (χ4n) is 3.70. The lowest BCUT2D eigenvalue weighted by Crippen LogP contribution is -2.35. The van der Waals surface area contributed by atoms with Crippen molar-refractivity contribution in [3.8, 4) is 5.75 Å². The number of carbonyl (C=O) groups is 1. The van der Waals surface area contributed by atoms with Gasteiger partial charge in [-0.1, -0.05) is 26.0 Å². The smallest absolute Gasteiger partial charge is 0.226 e. The van der Waals surface area contributed by atoms with Gasteiger partial charge < -0.3 is 14.6 Å². The molecule has 0 bridgehead atoms. The number of fused-ring (bicyclic) bond motifs is 3. The minimum atomic E-state index is -0.0415. The van der Waals surface area contributed by atoms with Gasteiger partial charge in [-0.2, -0.15) is 0 Å². The normalized spacial score (nSPS) is 14.2. The van der Waals surface area contributed by atoms with E-state index in [1.165, 1.54) is 5.56 Å². The summed E-state index contributed by atoms with van der Waals surface area (Å²) in [7, 11) is 1.69. The minimum Gasteiger partial charge on any atom is -0.497 e. The van der Waals surface area contributed by atoms with Crippen molar-refractivity contribution in [1.82, 2.24) is 14.5 Å². The molecule has 3 aromatic rings. The number of hydrogen-bond acceptors (Lipinski definition) is 4. The van der Waals surface area contributed by atoms with Gasteiger partial charge in [0.2, 0.25) is 5.91 Å². The van der Waals surface area contributed by atoms with Crippen molar-refractivity contribution < 1.29 is 9.53 Å². The van der Waals surface area contributed by atoms with E-state index in [1.54, 1.807) is 7.11 Å². The van der Waals surface area contributed by atoms with Gasteiger partial charge >= 0.3 is 0 Å². The van der Waals surface area contributed by atoms with Gasteiger partial charge in [0, 0.05) is 31.2 Å². The van der Waals surface area contributed by atoms with Crippen molar-refractivity contribution >= 4 is 22.6 Å². The van der Waals surface area contributed by atoms with Crippen LogP contribution in [0.3, 0.4) is 0 Å². The first-order valence-corrected chi connectivity index (χ1v) is 10.2. The Morgan fingerprint density at radius 2 is 1.97 bits per heavy atom. The highest BCUT2D eigenvalue weighted by Gasteiger charge is 2.20. The molecule has 0 saturated heterocycles. The van der Waals surface area contributed by atoms with Crippen LogP contribution >= 0.6 is 0 Å². The summed E-state index contributed by atoms with van der Waals surface area (Å²) in [5.41, 5.74) is 4.20. The van der Waals surface area contributed by atoms with E-state index in [2.05, 4.69) is 33.0 Å². The second-order valence-corrected chi connectivity index (χ2v) is 7.90. The van der Waals surface area contributed by atoms with Gasteiger partial charge in [0.1, 0.15) is 11.6 Å². The monoisotopic (exact) mass is 392 g/mol. The quantitative estimate of drug-likeness (QED) is 0.695. The standard InChI is InChI=1S/C23H28N4O2/c1-16(2)23(28)24-18-6-9-21-20(14-18)25-22-15-26(12-13-27(21)22)11-10-17-4-7-19(29-3)8-5-17/h4-9,14,16H,10-13,15H2,1-3H3,(H,24,28). The summed E-state index contributed by atoms with van der Waals surface area (Å²) in [6.45, 7) is 7.59. The Hall–Kier alpha value is -2.86. The second-order valence-electron chi connectivity index (χ2n) is 7.90. The maximum absolute atomic E-state index is 12.0. The molecule has 29 heavy (non-hydrogen) atoms. The molecule has 1 amide bonds. The molecule has 0 radical (unpaired) electrons. The van der Waals surface area contributed by atoms with E-state index >= 15 is 0 Å². The molecule has 0 spiro atoms. The highest BCUT2D eigenvalue weighted by Crippen LogP contribution is 2.24. The summed E-state index contributed by atoms with van der Waals surface area (Å²) in [6, 6.07) is 14.3. The van der Waals surface area contributed by atoms with Crippen LogP contribution in [0.15, 0.2) is 42.5 Å². The molecule has 0 unspecified atom stereocenters. The average Bonchev–Trinajstić information content (AvgIpc) is 3.09. The zero-order valence-electron chi connectivity index (χ0n) is 17.3. The highest BCUT2D eigenvalue weighted by molar-refractivity contribution is 5.94. The van der Waals surface area contributed by atoms with Crippen LogP contribution in [0.1, 0.15) is 25.2 Å². The van der Waals surface area contributed by atoms with Crippen LogP contribution in [0, 0.1) is 5.92 Å². The first-order valence-electron chi connectivity index (χ1n) is 10.2. The summed E-state index contributed by atoms with van der Waals surface area (Å²) in [5.74, 6) is 1.97. The largest absolute Gasteiger partial charge is 0.497 e. The van der Waals surface area contributed by atoms with Crippen LogP contribution in [0.25, 0.3) is 11.0 Å². The van der Waals surface area contributed by atoms with Crippen molar-refractivity contribution in [3.05, 3.63) is 53.9 Å². The molecular formula is C23H28N4O2. The Kier molecular flexibility index (Phi) is 5.53. The SMILES string of the molecule is COc1ccc(CCN2CCn3c(nc4cc(NC(=O)C(C)C)ccc43)C2)cc1. The molecule has 1 N–H and O–H groups in total. The summed E-state index contributed by atoms with van der Waals surface area (Å²) in [4.78, 5) is 19.3. The maximum atomic E-state index is 12.0. The molecule has 0 atom stereocenters. The van der Waals surface area contributed by atoms with Crippen molar-refractivity contribution in [2.75, 3.05) is 25.5 Å². The van der Waals surface area contributed by atoms with Crippen LogP contribution in [-0.2, 0) is 24.3 Å². The molecule has 6 nitrogen and oxygen atoms in total. The summed E-state index contributed by atoms with van der Waals surface area (Å²) in [5, 5.41) is 2.96. The van der Waals surface area contributed by atoms with E-state index in [-0.39, 0.29) is 11.8 Å². The lowest BCUT2D eigenvalue weighted by Gasteiger charge is -2.27.